The summed E-state index contributed by atoms with van der Waals surface area (Å²) in [5.74, 6) is -0.147. The van der Waals surface area contributed by atoms with Gasteiger partial charge in [0.25, 0.3) is 5.69 Å². The smallest absolute Gasteiger partial charge is 0.387 e. The van der Waals surface area contributed by atoms with Gasteiger partial charge < -0.3 is 4.74 Å². The lowest BCUT2D eigenvalue weighted by Crippen LogP contribution is -2.05. The molecule has 0 saturated heterocycles. The third-order valence-corrected chi connectivity index (χ3v) is 3.40. The number of nitrogens with zero attached hydrogens (tertiary/aromatic N) is 3. The van der Waals surface area contributed by atoms with Gasteiger partial charge in [0.1, 0.15) is 5.69 Å². The number of non-ortho nitro benzene ring substituents is 1. The molecule has 0 radical (unpaired) electrons. The number of halogens is 2. The first-order valence-corrected chi connectivity index (χ1v) is 7.20. The van der Waals surface area contributed by atoms with E-state index in [0.29, 0.717) is 17.7 Å². The van der Waals surface area contributed by atoms with Gasteiger partial charge in [-0.2, -0.15) is 13.9 Å². The highest BCUT2D eigenvalue weighted by Gasteiger charge is 2.16. The average molecular weight is 346 g/mol. The Hall–Kier alpha value is -3.36. The van der Waals surface area contributed by atoms with Gasteiger partial charge in [-0.05, 0) is 17.7 Å². The summed E-state index contributed by atoms with van der Waals surface area (Å²) in [5.41, 5.74) is 1.72. The Bertz CT molecular complexity index is 885. The number of H-pyrrole nitrogens is 1. The van der Waals surface area contributed by atoms with Crippen molar-refractivity contribution in [3.05, 3.63) is 70.2 Å². The molecule has 0 fully saturated rings. The number of benzene rings is 1. The molecule has 3 rings (SSSR count). The molecule has 0 aliphatic heterocycles. The van der Waals surface area contributed by atoms with E-state index in [-0.39, 0.29) is 17.1 Å². The summed E-state index contributed by atoms with van der Waals surface area (Å²) in [7, 11) is 0. The molecule has 0 atom stereocenters. The molecule has 1 N–H and O–H groups in total. The molecule has 0 aliphatic rings. The van der Waals surface area contributed by atoms with Crippen LogP contribution in [0, 0.1) is 10.1 Å². The van der Waals surface area contributed by atoms with E-state index < -0.39 is 11.5 Å². The van der Waals surface area contributed by atoms with Crippen molar-refractivity contribution in [3.8, 4) is 17.0 Å². The van der Waals surface area contributed by atoms with Gasteiger partial charge in [-0.25, -0.2) is 4.98 Å². The summed E-state index contributed by atoms with van der Waals surface area (Å²) >= 11 is 0. The first-order valence-electron chi connectivity index (χ1n) is 7.20. The van der Waals surface area contributed by atoms with Crippen molar-refractivity contribution in [1.82, 2.24) is 15.2 Å². The van der Waals surface area contributed by atoms with Crippen LogP contribution in [-0.4, -0.2) is 26.7 Å². The van der Waals surface area contributed by atoms with Crippen LogP contribution in [0.2, 0.25) is 0 Å². The van der Waals surface area contributed by atoms with Crippen LogP contribution in [0.1, 0.15) is 11.3 Å². The Morgan fingerprint density at radius 1 is 1.28 bits per heavy atom. The third kappa shape index (κ3) is 3.94. The number of aromatic amines is 1. The van der Waals surface area contributed by atoms with Crippen LogP contribution in [0.15, 0.2) is 48.8 Å². The molecule has 0 bridgehead atoms. The minimum absolute atomic E-state index is 0.116. The zero-order valence-corrected chi connectivity index (χ0v) is 12.7. The normalized spacial score (nSPS) is 10.8. The van der Waals surface area contributed by atoms with Crippen LogP contribution in [0.3, 0.4) is 0 Å². The molecule has 0 amide bonds. The first kappa shape index (κ1) is 16.5. The SMILES string of the molecule is O=[N+]([O-])c1cccc(-c2nc(Cc3cn[nH]c3)ccc2OC(F)F)c1. The fourth-order valence-electron chi connectivity index (χ4n) is 2.33. The predicted octanol–water partition coefficient (Wildman–Crippen LogP) is 3.57. The van der Waals surface area contributed by atoms with E-state index in [2.05, 4.69) is 19.9 Å². The molecule has 3 aromatic rings. The lowest BCUT2D eigenvalue weighted by atomic mass is 10.1. The molecular formula is C16H12F2N4O3. The molecule has 128 valence electrons. The molecule has 9 heteroatoms. The molecule has 0 aliphatic carbocycles. The Morgan fingerprint density at radius 3 is 2.80 bits per heavy atom. The fraction of sp³-hybridized carbons (Fsp3) is 0.125. The van der Waals surface area contributed by atoms with Crippen molar-refractivity contribution in [2.45, 2.75) is 13.0 Å². The van der Waals surface area contributed by atoms with Crippen molar-refractivity contribution in [2.24, 2.45) is 0 Å². The van der Waals surface area contributed by atoms with Crippen molar-refractivity contribution in [3.63, 3.8) is 0 Å². The van der Waals surface area contributed by atoms with E-state index in [1.54, 1.807) is 24.5 Å². The number of hydrogen-bond donors (Lipinski definition) is 1. The number of nitrogens with one attached hydrogen (secondary N) is 1. The zero-order valence-electron chi connectivity index (χ0n) is 12.7. The van der Waals surface area contributed by atoms with Gasteiger partial charge in [0.15, 0.2) is 5.75 Å². The number of aromatic nitrogens is 3. The lowest BCUT2D eigenvalue weighted by molar-refractivity contribution is -0.384. The Labute approximate surface area is 140 Å². The van der Waals surface area contributed by atoms with Crippen LogP contribution in [0.4, 0.5) is 14.5 Å². The van der Waals surface area contributed by atoms with Crippen LogP contribution in [0.5, 0.6) is 5.75 Å². The predicted molar refractivity (Wildman–Crippen MR) is 84.4 cm³/mol. The lowest BCUT2D eigenvalue weighted by Gasteiger charge is -2.11. The second-order valence-corrected chi connectivity index (χ2v) is 5.12. The van der Waals surface area contributed by atoms with E-state index in [4.69, 9.17) is 0 Å². The maximum Gasteiger partial charge on any atom is 0.387 e. The summed E-state index contributed by atoms with van der Waals surface area (Å²) in [5, 5.41) is 17.5. The molecule has 0 saturated carbocycles. The van der Waals surface area contributed by atoms with Crippen LogP contribution < -0.4 is 4.74 Å². The quantitative estimate of drug-likeness (QED) is 0.544. The highest BCUT2D eigenvalue weighted by molar-refractivity contribution is 5.68. The second kappa shape index (κ2) is 7.04. The molecule has 0 unspecified atom stereocenters. The maximum atomic E-state index is 12.7. The van der Waals surface area contributed by atoms with Gasteiger partial charge in [-0.15, -0.1) is 0 Å². The zero-order chi connectivity index (χ0) is 17.8. The summed E-state index contributed by atoms with van der Waals surface area (Å²) in [6, 6.07) is 8.53. The first-order chi connectivity index (χ1) is 12.0. The van der Waals surface area contributed by atoms with Gasteiger partial charge in [0, 0.05) is 36.0 Å². The molecule has 1 aromatic carbocycles. The third-order valence-electron chi connectivity index (χ3n) is 3.40. The van der Waals surface area contributed by atoms with Crippen molar-refractivity contribution >= 4 is 5.69 Å². The number of nitro benzene ring substituents is 1. The number of nitro groups is 1. The number of hydrogen-bond acceptors (Lipinski definition) is 5. The molecular weight excluding hydrogens is 334 g/mol. The van der Waals surface area contributed by atoms with Gasteiger partial charge in [-0.3, -0.25) is 15.2 Å². The highest BCUT2D eigenvalue weighted by Crippen LogP contribution is 2.32. The fourth-order valence-corrected chi connectivity index (χ4v) is 2.33. The van der Waals surface area contributed by atoms with E-state index in [1.807, 2.05) is 0 Å². The van der Waals surface area contributed by atoms with Crippen molar-refractivity contribution < 1.29 is 18.4 Å². The summed E-state index contributed by atoms with van der Waals surface area (Å²) in [6.07, 6.45) is 3.74. The van der Waals surface area contributed by atoms with E-state index in [9.17, 15) is 18.9 Å². The van der Waals surface area contributed by atoms with Crippen LogP contribution in [-0.2, 0) is 6.42 Å². The minimum atomic E-state index is -3.03. The summed E-state index contributed by atoms with van der Waals surface area (Å²) < 4.78 is 29.8. The Morgan fingerprint density at radius 2 is 2.12 bits per heavy atom. The molecule has 25 heavy (non-hydrogen) atoms. The van der Waals surface area contributed by atoms with E-state index in [1.165, 1.54) is 24.3 Å². The van der Waals surface area contributed by atoms with Gasteiger partial charge in [0.2, 0.25) is 0 Å². The standard InChI is InChI=1S/C16H12F2N4O3/c17-16(18)25-14-5-4-12(6-10-8-19-20-9-10)21-15(14)11-2-1-3-13(7-11)22(23)24/h1-5,7-9,16H,6H2,(H,19,20). The largest absolute Gasteiger partial charge is 0.432 e. The minimum Gasteiger partial charge on any atom is -0.432 e. The molecule has 7 nitrogen and oxygen atoms in total. The van der Waals surface area contributed by atoms with Gasteiger partial charge in [0.05, 0.1) is 11.1 Å². The average Bonchev–Trinajstić information content (AvgIpc) is 3.09. The number of ether oxygens (including phenoxy) is 1. The van der Waals surface area contributed by atoms with E-state index >= 15 is 0 Å². The summed E-state index contributed by atoms with van der Waals surface area (Å²) in [6.45, 7) is -3.03. The topological polar surface area (TPSA) is 93.9 Å². The second-order valence-electron chi connectivity index (χ2n) is 5.12. The Kier molecular flexibility index (Phi) is 4.64. The highest BCUT2D eigenvalue weighted by atomic mass is 19.3. The molecule has 2 aromatic heterocycles. The Balaban J connectivity index is 2.04. The number of alkyl halides is 2. The molecule has 2 heterocycles. The molecule has 0 spiro atoms. The monoisotopic (exact) mass is 346 g/mol. The van der Waals surface area contributed by atoms with Crippen LogP contribution in [0.25, 0.3) is 11.3 Å². The van der Waals surface area contributed by atoms with Crippen molar-refractivity contribution in [1.29, 1.82) is 0 Å². The number of pyridine rings is 1. The summed E-state index contributed by atoms with van der Waals surface area (Å²) in [4.78, 5) is 14.7. The van der Waals surface area contributed by atoms with Crippen LogP contribution >= 0.6 is 0 Å². The van der Waals surface area contributed by atoms with Gasteiger partial charge in [-0.1, -0.05) is 12.1 Å². The number of rotatable bonds is 6. The van der Waals surface area contributed by atoms with Gasteiger partial charge >= 0.3 is 6.61 Å². The van der Waals surface area contributed by atoms with Crippen molar-refractivity contribution in [2.75, 3.05) is 0 Å². The maximum absolute atomic E-state index is 12.7. The van der Waals surface area contributed by atoms with E-state index in [0.717, 1.165) is 5.56 Å².